The minimum absolute atomic E-state index is 0.157. The van der Waals surface area contributed by atoms with Gasteiger partial charge in [-0.05, 0) is 49.2 Å². The summed E-state index contributed by atoms with van der Waals surface area (Å²) in [6.45, 7) is 4.20. The van der Waals surface area contributed by atoms with Gasteiger partial charge in [0.2, 0.25) is 11.2 Å². The average molecular weight is 402 g/mol. The number of benzene rings is 3. The number of hydrogen-bond acceptors (Lipinski definition) is 5. The molecule has 0 aliphatic rings. The van der Waals surface area contributed by atoms with Gasteiger partial charge in [-0.1, -0.05) is 30.3 Å². The van der Waals surface area contributed by atoms with E-state index in [4.69, 9.17) is 18.6 Å². The van der Waals surface area contributed by atoms with Crippen molar-refractivity contribution in [2.45, 2.75) is 20.5 Å². The van der Waals surface area contributed by atoms with Crippen LogP contribution in [0.3, 0.4) is 0 Å². The van der Waals surface area contributed by atoms with E-state index in [1.54, 1.807) is 56.5 Å². The average Bonchev–Trinajstić information content (AvgIpc) is 2.76. The zero-order valence-electron chi connectivity index (χ0n) is 17.1. The highest BCUT2D eigenvalue weighted by Gasteiger charge is 2.15. The first-order valence-corrected chi connectivity index (χ1v) is 9.62. The molecule has 0 aliphatic carbocycles. The van der Waals surface area contributed by atoms with E-state index in [1.165, 1.54) is 5.56 Å². The molecule has 1 aromatic heterocycles. The molecule has 4 aromatic rings. The van der Waals surface area contributed by atoms with Crippen LogP contribution in [0.2, 0.25) is 0 Å². The van der Waals surface area contributed by atoms with Gasteiger partial charge >= 0.3 is 0 Å². The molecule has 5 heteroatoms. The molecular formula is C25H22O5. The molecule has 0 amide bonds. The van der Waals surface area contributed by atoms with Crippen molar-refractivity contribution in [3.8, 4) is 23.0 Å². The minimum Gasteiger partial charge on any atom is -0.497 e. The number of aryl methyl sites for hydroxylation is 2. The van der Waals surface area contributed by atoms with Crippen molar-refractivity contribution in [2.75, 3.05) is 7.11 Å². The third-order valence-corrected chi connectivity index (χ3v) is 4.90. The lowest BCUT2D eigenvalue weighted by molar-refractivity contribution is 0.305. The predicted molar refractivity (Wildman–Crippen MR) is 116 cm³/mol. The SMILES string of the molecule is COc1cccc(Oc2c(C)oc3cc(OCc4ccccc4C)ccc3c2=O)c1. The Morgan fingerprint density at radius 3 is 2.47 bits per heavy atom. The number of methoxy groups -OCH3 is 1. The fourth-order valence-corrected chi connectivity index (χ4v) is 3.19. The number of rotatable bonds is 6. The Bertz CT molecular complexity index is 1260. The van der Waals surface area contributed by atoms with E-state index in [0.29, 0.717) is 40.6 Å². The van der Waals surface area contributed by atoms with Crippen molar-refractivity contribution in [1.29, 1.82) is 0 Å². The van der Waals surface area contributed by atoms with Crippen molar-refractivity contribution in [1.82, 2.24) is 0 Å². The molecule has 30 heavy (non-hydrogen) atoms. The van der Waals surface area contributed by atoms with E-state index in [1.807, 2.05) is 31.2 Å². The van der Waals surface area contributed by atoms with Crippen LogP contribution in [-0.4, -0.2) is 7.11 Å². The molecule has 0 radical (unpaired) electrons. The summed E-state index contributed by atoms with van der Waals surface area (Å²) in [5, 5.41) is 0.432. The van der Waals surface area contributed by atoms with Crippen molar-refractivity contribution in [2.24, 2.45) is 0 Å². The lowest BCUT2D eigenvalue weighted by Gasteiger charge is -2.11. The molecule has 0 bridgehead atoms. The highest BCUT2D eigenvalue weighted by atomic mass is 16.5. The van der Waals surface area contributed by atoms with Crippen molar-refractivity contribution in [3.05, 3.63) is 93.8 Å². The van der Waals surface area contributed by atoms with Crippen molar-refractivity contribution < 1.29 is 18.6 Å². The van der Waals surface area contributed by atoms with Gasteiger partial charge in [0.1, 0.15) is 35.2 Å². The molecule has 0 unspecified atom stereocenters. The Kier molecular flexibility index (Phi) is 5.44. The van der Waals surface area contributed by atoms with Gasteiger partial charge in [-0.2, -0.15) is 0 Å². The first kappa shape index (κ1) is 19.6. The fraction of sp³-hybridized carbons (Fsp3) is 0.160. The van der Waals surface area contributed by atoms with Gasteiger partial charge in [0.05, 0.1) is 12.5 Å². The molecule has 0 saturated heterocycles. The Balaban J connectivity index is 1.62. The molecule has 0 fully saturated rings. The number of fused-ring (bicyclic) bond motifs is 1. The summed E-state index contributed by atoms with van der Waals surface area (Å²) in [4.78, 5) is 13.0. The topological polar surface area (TPSA) is 57.9 Å². The Labute approximate surface area is 174 Å². The van der Waals surface area contributed by atoms with E-state index in [9.17, 15) is 4.79 Å². The molecule has 0 saturated carbocycles. The maximum atomic E-state index is 13.0. The largest absolute Gasteiger partial charge is 0.497 e. The van der Waals surface area contributed by atoms with Crippen molar-refractivity contribution >= 4 is 11.0 Å². The quantitative estimate of drug-likeness (QED) is 0.409. The Hall–Kier alpha value is -3.73. The number of hydrogen-bond donors (Lipinski definition) is 0. The van der Waals surface area contributed by atoms with Crippen molar-refractivity contribution in [3.63, 3.8) is 0 Å². The first-order chi connectivity index (χ1) is 14.5. The summed E-state index contributed by atoms with van der Waals surface area (Å²) in [6.07, 6.45) is 0. The predicted octanol–water partition coefficient (Wildman–Crippen LogP) is 5.79. The van der Waals surface area contributed by atoms with Crippen LogP contribution in [0.15, 0.2) is 75.9 Å². The molecule has 4 rings (SSSR count). The summed E-state index contributed by atoms with van der Waals surface area (Å²) >= 11 is 0. The van der Waals surface area contributed by atoms with Gasteiger partial charge in [-0.3, -0.25) is 4.79 Å². The molecular weight excluding hydrogens is 380 g/mol. The standard InChI is InChI=1S/C25H22O5/c1-16-7-4-5-8-18(16)15-28-20-11-12-22-23(14-20)29-17(2)25(24(22)26)30-21-10-6-9-19(13-21)27-3/h4-14H,15H2,1-3H3. The lowest BCUT2D eigenvalue weighted by atomic mass is 10.1. The van der Waals surface area contributed by atoms with Crippen LogP contribution in [0.1, 0.15) is 16.9 Å². The van der Waals surface area contributed by atoms with Crippen LogP contribution in [0.4, 0.5) is 0 Å². The summed E-state index contributed by atoms with van der Waals surface area (Å²) in [5.41, 5.74) is 2.50. The molecule has 3 aromatic carbocycles. The monoisotopic (exact) mass is 402 g/mol. The second-order valence-corrected chi connectivity index (χ2v) is 6.97. The molecule has 1 heterocycles. The molecule has 0 N–H and O–H groups in total. The van der Waals surface area contributed by atoms with Gasteiger partial charge in [-0.25, -0.2) is 0 Å². The summed E-state index contributed by atoms with van der Waals surface area (Å²) in [7, 11) is 1.58. The molecule has 0 spiro atoms. The van der Waals surface area contributed by atoms with E-state index in [-0.39, 0.29) is 11.2 Å². The normalized spacial score (nSPS) is 10.8. The van der Waals surface area contributed by atoms with Crippen LogP contribution < -0.4 is 19.6 Å². The van der Waals surface area contributed by atoms with Crippen LogP contribution in [0.5, 0.6) is 23.0 Å². The fourth-order valence-electron chi connectivity index (χ4n) is 3.19. The van der Waals surface area contributed by atoms with Crippen LogP contribution >= 0.6 is 0 Å². The van der Waals surface area contributed by atoms with Crippen LogP contribution in [0.25, 0.3) is 11.0 Å². The van der Waals surface area contributed by atoms with Gasteiger partial charge in [-0.15, -0.1) is 0 Å². The van der Waals surface area contributed by atoms with E-state index in [0.717, 1.165) is 5.56 Å². The molecule has 5 nitrogen and oxygen atoms in total. The second-order valence-electron chi connectivity index (χ2n) is 6.97. The molecule has 0 aliphatic heterocycles. The second kappa shape index (κ2) is 8.33. The maximum absolute atomic E-state index is 13.0. The number of ether oxygens (including phenoxy) is 3. The van der Waals surface area contributed by atoms with Gasteiger partial charge < -0.3 is 18.6 Å². The van der Waals surface area contributed by atoms with Gasteiger partial charge in [0.25, 0.3) is 0 Å². The summed E-state index contributed by atoms with van der Waals surface area (Å²) < 4.78 is 22.8. The summed E-state index contributed by atoms with van der Waals surface area (Å²) in [6, 6.07) is 20.3. The van der Waals surface area contributed by atoms with Crippen LogP contribution in [-0.2, 0) is 6.61 Å². The zero-order valence-corrected chi connectivity index (χ0v) is 17.1. The highest BCUT2D eigenvalue weighted by molar-refractivity contribution is 5.79. The summed E-state index contributed by atoms with van der Waals surface area (Å²) in [5.74, 6) is 2.33. The third kappa shape index (κ3) is 4.01. The van der Waals surface area contributed by atoms with E-state index < -0.39 is 0 Å². The Morgan fingerprint density at radius 2 is 1.67 bits per heavy atom. The molecule has 0 atom stereocenters. The maximum Gasteiger partial charge on any atom is 0.235 e. The molecule has 152 valence electrons. The van der Waals surface area contributed by atoms with E-state index in [2.05, 4.69) is 0 Å². The van der Waals surface area contributed by atoms with E-state index >= 15 is 0 Å². The third-order valence-electron chi connectivity index (χ3n) is 4.90. The van der Waals surface area contributed by atoms with Crippen LogP contribution in [0, 0.1) is 13.8 Å². The zero-order chi connectivity index (χ0) is 21.1. The highest BCUT2D eigenvalue weighted by Crippen LogP contribution is 2.29. The van der Waals surface area contributed by atoms with Gasteiger partial charge in [0.15, 0.2) is 0 Å². The lowest BCUT2D eigenvalue weighted by Crippen LogP contribution is -2.07. The first-order valence-electron chi connectivity index (χ1n) is 9.62. The van der Waals surface area contributed by atoms with Gasteiger partial charge in [0, 0.05) is 12.1 Å². The smallest absolute Gasteiger partial charge is 0.235 e. The Morgan fingerprint density at radius 1 is 0.867 bits per heavy atom. The minimum atomic E-state index is -0.234.